The molecule has 1 aromatic heterocycles. The molecule has 1 aromatic rings. The number of rotatable bonds is 2. The predicted octanol–water partition coefficient (Wildman–Crippen LogP) is 1.95. The first-order chi connectivity index (χ1) is 6.02. The van der Waals surface area contributed by atoms with E-state index in [0.29, 0.717) is 5.92 Å². The fourth-order valence-electron chi connectivity index (χ4n) is 1.14. The van der Waals surface area contributed by atoms with Gasteiger partial charge in [0.15, 0.2) is 0 Å². The molecule has 72 valence electrons. The smallest absolute Gasteiger partial charge is 0.269 e. The molecule has 0 radical (unpaired) electrons. The Hall–Kier alpha value is -1.12. The van der Waals surface area contributed by atoms with Crippen LogP contribution < -0.4 is 5.56 Å². The van der Waals surface area contributed by atoms with E-state index in [-0.39, 0.29) is 11.6 Å². The van der Waals surface area contributed by atoms with Crippen molar-refractivity contribution in [2.24, 2.45) is 0 Å². The first-order valence-electron chi connectivity index (χ1n) is 4.60. The minimum atomic E-state index is -0.0283. The first kappa shape index (κ1) is 9.96. The summed E-state index contributed by atoms with van der Waals surface area (Å²) in [5.74, 6) is 0.366. The lowest BCUT2D eigenvalue weighted by Gasteiger charge is -2.11. The van der Waals surface area contributed by atoms with Crippen molar-refractivity contribution in [1.29, 1.82) is 0 Å². The molecule has 0 amide bonds. The van der Waals surface area contributed by atoms with Gasteiger partial charge in [0.1, 0.15) is 0 Å². The van der Waals surface area contributed by atoms with Crippen molar-refractivity contribution in [3.63, 3.8) is 0 Å². The topological polar surface area (TPSA) is 34.9 Å². The lowest BCUT2D eigenvalue weighted by Crippen LogP contribution is -2.22. The van der Waals surface area contributed by atoms with E-state index in [0.717, 1.165) is 5.69 Å². The maximum atomic E-state index is 11.3. The van der Waals surface area contributed by atoms with Crippen molar-refractivity contribution in [1.82, 2.24) is 9.55 Å². The Labute approximate surface area is 78.4 Å². The van der Waals surface area contributed by atoms with Gasteiger partial charge in [-0.25, -0.2) is 0 Å². The van der Waals surface area contributed by atoms with Gasteiger partial charge in [-0.3, -0.25) is 9.78 Å². The van der Waals surface area contributed by atoms with E-state index in [4.69, 9.17) is 0 Å². The fourth-order valence-corrected chi connectivity index (χ4v) is 1.14. The summed E-state index contributed by atoms with van der Waals surface area (Å²) in [5, 5.41) is 0. The number of nitrogens with zero attached hydrogens (tertiary/aromatic N) is 2. The molecule has 0 bridgehead atoms. The number of hydrogen-bond donors (Lipinski definition) is 0. The highest BCUT2D eigenvalue weighted by Gasteiger charge is 2.05. The van der Waals surface area contributed by atoms with Gasteiger partial charge in [-0.2, -0.15) is 0 Å². The molecule has 0 aliphatic carbocycles. The zero-order valence-electron chi connectivity index (χ0n) is 8.61. The van der Waals surface area contributed by atoms with Crippen molar-refractivity contribution < 1.29 is 0 Å². The minimum absolute atomic E-state index is 0.0283. The second-order valence-electron chi connectivity index (χ2n) is 3.81. The molecule has 1 rings (SSSR count). The van der Waals surface area contributed by atoms with Crippen LogP contribution in [0.5, 0.6) is 0 Å². The van der Waals surface area contributed by atoms with Gasteiger partial charge in [-0.1, -0.05) is 13.8 Å². The molecule has 1 heterocycles. The summed E-state index contributed by atoms with van der Waals surface area (Å²) in [6.07, 6.45) is 3.24. The molecule has 0 fully saturated rings. The van der Waals surface area contributed by atoms with E-state index in [9.17, 15) is 4.79 Å². The Morgan fingerprint density at radius 3 is 2.38 bits per heavy atom. The number of hydrogen-bond acceptors (Lipinski definition) is 2. The third-order valence-electron chi connectivity index (χ3n) is 2.00. The van der Waals surface area contributed by atoms with Gasteiger partial charge in [0, 0.05) is 12.2 Å². The standard InChI is InChI=1S/C10H16N2O/c1-7(2)9-6-12(8(3)4)10(13)5-11-9/h5-8H,1-4H3. The zero-order valence-corrected chi connectivity index (χ0v) is 8.61. The molecule has 3 heteroatoms. The Morgan fingerprint density at radius 2 is 1.92 bits per heavy atom. The molecule has 0 aliphatic rings. The molecular weight excluding hydrogens is 164 g/mol. The lowest BCUT2D eigenvalue weighted by molar-refractivity contribution is 0.564. The van der Waals surface area contributed by atoms with Gasteiger partial charge in [0.05, 0.1) is 11.9 Å². The largest absolute Gasteiger partial charge is 0.310 e. The average molecular weight is 180 g/mol. The van der Waals surface area contributed by atoms with Gasteiger partial charge >= 0.3 is 0 Å². The van der Waals surface area contributed by atoms with E-state index in [1.807, 2.05) is 20.0 Å². The Kier molecular flexibility index (Phi) is 2.86. The van der Waals surface area contributed by atoms with Crippen LogP contribution in [0.4, 0.5) is 0 Å². The quantitative estimate of drug-likeness (QED) is 0.697. The third kappa shape index (κ3) is 2.17. The van der Waals surface area contributed by atoms with Crippen molar-refractivity contribution in [2.45, 2.75) is 39.7 Å². The molecule has 0 aromatic carbocycles. The monoisotopic (exact) mass is 180 g/mol. The highest BCUT2D eigenvalue weighted by molar-refractivity contribution is 5.02. The van der Waals surface area contributed by atoms with Crippen LogP contribution in [0.25, 0.3) is 0 Å². The predicted molar refractivity (Wildman–Crippen MR) is 53.0 cm³/mol. The van der Waals surface area contributed by atoms with Crippen molar-refractivity contribution >= 4 is 0 Å². The molecule has 0 saturated carbocycles. The molecule has 13 heavy (non-hydrogen) atoms. The van der Waals surface area contributed by atoms with E-state index in [1.165, 1.54) is 6.20 Å². The average Bonchev–Trinajstić information content (AvgIpc) is 2.04. The maximum Gasteiger partial charge on any atom is 0.269 e. The van der Waals surface area contributed by atoms with Crippen LogP contribution in [-0.4, -0.2) is 9.55 Å². The Bertz CT molecular complexity index is 339. The van der Waals surface area contributed by atoms with Crippen molar-refractivity contribution in [3.8, 4) is 0 Å². The minimum Gasteiger partial charge on any atom is -0.310 e. The third-order valence-corrected chi connectivity index (χ3v) is 2.00. The second-order valence-corrected chi connectivity index (χ2v) is 3.81. The highest BCUT2D eigenvalue weighted by Crippen LogP contribution is 2.10. The summed E-state index contributed by atoms with van der Waals surface area (Å²) in [6.45, 7) is 8.12. The molecule has 0 unspecified atom stereocenters. The van der Waals surface area contributed by atoms with Crippen LogP contribution in [0.2, 0.25) is 0 Å². The van der Waals surface area contributed by atoms with Gasteiger partial charge < -0.3 is 4.57 Å². The van der Waals surface area contributed by atoms with Crippen LogP contribution in [0.15, 0.2) is 17.2 Å². The molecule has 0 N–H and O–H groups in total. The van der Waals surface area contributed by atoms with Crippen LogP contribution in [0.1, 0.15) is 45.3 Å². The second kappa shape index (κ2) is 3.73. The molecule has 0 aliphatic heterocycles. The SMILES string of the molecule is CC(C)c1cn(C(C)C)c(=O)cn1. The van der Waals surface area contributed by atoms with Crippen LogP contribution in [0.3, 0.4) is 0 Å². The summed E-state index contributed by atoms with van der Waals surface area (Å²) in [4.78, 5) is 15.4. The summed E-state index contributed by atoms with van der Waals surface area (Å²) < 4.78 is 1.71. The van der Waals surface area contributed by atoms with E-state index >= 15 is 0 Å². The van der Waals surface area contributed by atoms with Crippen LogP contribution in [0, 0.1) is 0 Å². The normalized spacial score (nSPS) is 11.2. The van der Waals surface area contributed by atoms with Gasteiger partial charge in [0.2, 0.25) is 0 Å². The van der Waals surface area contributed by atoms with Gasteiger partial charge in [-0.05, 0) is 19.8 Å². The van der Waals surface area contributed by atoms with Gasteiger partial charge in [-0.15, -0.1) is 0 Å². The van der Waals surface area contributed by atoms with Crippen LogP contribution >= 0.6 is 0 Å². The van der Waals surface area contributed by atoms with Crippen molar-refractivity contribution in [2.75, 3.05) is 0 Å². The first-order valence-corrected chi connectivity index (χ1v) is 4.60. The van der Waals surface area contributed by atoms with E-state index in [2.05, 4.69) is 18.8 Å². The summed E-state index contributed by atoms with van der Waals surface area (Å²) in [6, 6.07) is 0.202. The molecule has 3 nitrogen and oxygen atoms in total. The number of aromatic nitrogens is 2. The van der Waals surface area contributed by atoms with E-state index in [1.54, 1.807) is 4.57 Å². The molecule has 0 spiro atoms. The fraction of sp³-hybridized carbons (Fsp3) is 0.600. The van der Waals surface area contributed by atoms with E-state index < -0.39 is 0 Å². The molecule has 0 saturated heterocycles. The lowest BCUT2D eigenvalue weighted by atomic mass is 10.1. The maximum absolute atomic E-state index is 11.3. The summed E-state index contributed by atoms with van der Waals surface area (Å²) in [7, 11) is 0. The highest BCUT2D eigenvalue weighted by atomic mass is 16.1. The Morgan fingerprint density at radius 1 is 1.31 bits per heavy atom. The van der Waals surface area contributed by atoms with Gasteiger partial charge in [0.25, 0.3) is 5.56 Å². The molecular formula is C10H16N2O. The van der Waals surface area contributed by atoms with Crippen LogP contribution in [-0.2, 0) is 0 Å². The van der Waals surface area contributed by atoms with Crippen molar-refractivity contribution in [3.05, 3.63) is 28.4 Å². The Balaban J connectivity index is 3.19. The zero-order chi connectivity index (χ0) is 10.0. The molecule has 0 atom stereocenters. The summed E-state index contributed by atoms with van der Waals surface area (Å²) >= 11 is 0. The summed E-state index contributed by atoms with van der Waals surface area (Å²) in [5.41, 5.74) is 0.938.